The monoisotopic (exact) mass is 365 g/mol. The van der Waals surface area contributed by atoms with Crippen LogP contribution in [0.4, 0.5) is 11.4 Å². The highest BCUT2D eigenvalue weighted by molar-refractivity contribution is 6.00. The summed E-state index contributed by atoms with van der Waals surface area (Å²) >= 11 is 0. The van der Waals surface area contributed by atoms with Crippen molar-refractivity contribution in [3.8, 4) is 0 Å². The van der Waals surface area contributed by atoms with Crippen molar-refractivity contribution in [2.45, 2.75) is 57.9 Å². The van der Waals surface area contributed by atoms with Gasteiger partial charge in [-0.15, -0.1) is 12.4 Å². The van der Waals surface area contributed by atoms with Gasteiger partial charge in [-0.25, -0.2) is 0 Å². The van der Waals surface area contributed by atoms with Crippen LogP contribution in [0.15, 0.2) is 18.2 Å². The number of nitrogens with one attached hydrogen (secondary N) is 1. The number of nitrogens with zero attached hydrogens (tertiary/aromatic N) is 1. The standard InChI is InChI=1S/C19H27N3O2.ClH/c1-13(21-18(23)14-7-3-2-4-8-14)19(24)22-12-6-9-15-16(20)10-5-11-17(15)22;/h5,10-11,13-14H,2-4,6-9,12,20H2,1H3,(H,21,23);1H/t13-;/m0./s1. The van der Waals surface area contributed by atoms with Gasteiger partial charge in [0.05, 0.1) is 0 Å². The zero-order chi connectivity index (χ0) is 17.1. The summed E-state index contributed by atoms with van der Waals surface area (Å²) in [6, 6.07) is 5.19. The number of rotatable bonds is 3. The maximum atomic E-state index is 12.9. The second-order valence-electron chi connectivity index (χ2n) is 7.00. The quantitative estimate of drug-likeness (QED) is 0.808. The van der Waals surface area contributed by atoms with E-state index in [0.29, 0.717) is 6.54 Å². The van der Waals surface area contributed by atoms with Crippen LogP contribution in [0.3, 0.4) is 0 Å². The van der Waals surface area contributed by atoms with Crippen LogP contribution >= 0.6 is 12.4 Å². The zero-order valence-electron chi connectivity index (χ0n) is 14.8. The summed E-state index contributed by atoms with van der Waals surface area (Å²) in [4.78, 5) is 27.0. The van der Waals surface area contributed by atoms with E-state index in [1.54, 1.807) is 11.8 Å². The number of nitrogens with two attached hydrogens (primary N) is 1. The van der Waals surface area contributed by atoms with E-state index in [2.05, 4.69) is 5.32 Å². The fraction of sp³-hybridized carbons (Fsp3) is 0.579. The number of carbonyl (C=O) groups excluding carboxylic acids is 2. The van der Waals surface area contributed by atoms with Crippen LogP contribution < -0.4 is 16.0 Å². The number of hydrogen-bond acceptors (Lipinski definition) is 3. The van der Waals surface area contributed by atoms with Crippen molar-refractivity contribution in [1.29, 1.82) is 0 Å². The van der Waals surface area contributed by atoms with Crippen LogP contribution in [0.25, 0.3) is 0 Å². The van der Waals surface area contributed by atoms with E-state index in [4.69, 9.17) is 5.73 Å². The molecule has 138 valence electrons. The van der Waals surface area contributed by atoms with Gasteiger partial charge in [0.2, 0.25) is 11.8 Å². The smallest absolute Gasteiger partial charge is 0.249 e. The van der Waals surface area contributed by atoms with Crippen molar-refractivity contribution >= 4 is 35.6 Å². The minimum Gasteiger partial charge on any atom is -0.398 e. The summed E-state index contributed by atoms with van der Waals surface area (Å²) in [6.45, 7) is 2.46. The van der Waals surface area contributed by atoms with Crippen molar-refractivity contribution in [3.05, 3.63) is 23.8 Å². The third kappa shape index (κ3) is 4.27. The lowest BCUT2D eigenvalue weighted by Crippen LogP contribution is -2.50. The molecule has 0 radical (unpaired) electrons. The predicted octanol–water partition coefficient (Wildman–Crippen LogP) is 3.05. The van der Waals surface area contributed by atoms with E-state index in [-0.39, 0.29) is 30.1 Å². The zero-order valence-corrected chi connectivity index (χ0v) is 15.6. The van der Waals surface area contributed by atoms with Gasteiger partial charge in [0.1, 0.15) is 6.04 Å². The van der Waals surface area contributed by atoms with E-state index in [1.165, 1.54) is 6.42 Å². The highest BCUT2D eigenvalue weighted by Gasteiger charge is 2.29. The Labute approximate surface area is 155 Å². The van der Waals surface area contributed by atoms with Gasteiger partial charge in [-0.3, -0.25) is 9.59 Å². The molecular formula is C19H28ClN3O2. The molecule has 0 unspecified atom stereocenters. The fourth-order valence-corrected chi connectivity index (χ4v) is 3.87. The molecule has 5 nitrogen and oxygen atoms in total. The molecular weight excluding hydrogens is 338 g/mol. The van der Waals surface area contributed by atoms with E-state index < -0.39 is 6.04 Å². The predicted molar refractivity (Wildman–Crippen MR) is 103 cm³/mol. The highest BCUT2D eigenvalue weighted by Crippen LogP contribution is 2.31. The number of carbonyl (C=O) groups is 2. The molecule has 1 fully saturated rings. The van der Waals surface area contributed by atoms with Gasteiger partial charge in [0, 0.05) is 23.8 Å². The largest absolute Gasteiger partial charge is 0.398 e. The normalized spacial score (nSPS) is 18.7. The number of halogens is 1. The number of anilines is 2. The van der Waals surface area contributed by atoms with Crippen LogP contribution in [0, 0.1) is 5.92 Å². The summed E-state index contributed by atoms with van der Waals surface area (Å²) in [5, 5.41) is 2.93. The van der Waals surface area contributed by atoms with E-state index >= 15 is 0 Å². The molecule has 3 N–H and O–H groups in total. The molecule has 0 aromatic heterocycles. The Kier molecular flexibility index (Phi) is 6.71. The van der Waals surface area contributed by atoms with E-state index in [9.17, 15) is 9.59 Å². The molecule has 0 spiro atoms. The number of benzene rings is 1. The summed E-state index contributed by atoms with van der Waals surface area (Å²) in [7, 11) is 0. The van der Waals surface area contributed by atoms with Crippen molar-refractivity contribution in [1.82, 2.24) is 5.32 Å². The third-order valence-corrected chi connectivity index (χ3v) is 5.26. The van der Waals surface area contributed by atoms with Crippen molar-refractivity contribution in [3.63, 3.8) is 0 Å². The van der Waals surface area contributed by atoms with Crippen molar-refractivity contribution in [2.75, 3.05) is 17.2 Å². The Hall–Kier alpha value is -1.75. The van der Waals surface area contributed by atoms with Gasteiger partial charge in [-0.05, 0) is 50.3 Å². The van der Waals surface area contributed by atoms with Gasteiger partial charge in [0.25, 0.3) is 0 Å². The molecule has 0 bridgehead atoms. The van der Waals surface area contributed by atoms with Gasteiger partial charge in [0.15, 0.2) is 0 Å². The van der Waals surface area contributed by atoms with Crippen LogP contribution in [0.1, 0.15) is 51.0 Å². The molecule has 1 aliphatic heterocycles. The van der Waals surface area contributed by atoms with Gasteiger partial charge >= 0.3 is 0 Å². The summed E-state index contributed by atoms with van der Waals surface area (Å²) in [5.41, 5.74) is 8.73. The Balaban J connectivity index is 0.00000225. The molecule has 1 aromatic carbocycles. The molecule has 1 aliphatic carbocycles. The van der Waals surface area contributed by atoms with Crippen LogP contribution in [-0.4, -0.2) is 24.4 Å². The van der Waals surface area contributed by atoms with Crippen LogP contribution in [-0.2, 0) is 16.0 Å². The molecule has 1 saturated carbocycles. The van der Waals surface area contributed by atoms with Gasteiger partial charge in [-0.2, -0.15) is 0 Å². The number of amides is 2. The summed E-state index contributed by atoms with van der Waals surface area (Å²) < 4.78 is 0. The Bertz CT molecular complexity index is 629. The lowest BCUT2D eigenvalue weighted by Gasteiger charge is -2.32. The number of fused-ring (bicyclic) bond motifs is 1. The Morgan fingerprint density at radius 2 is 1.92 bits per heavy atom. The molecule has 1 atom stereocenters. The molecule has 0 saturated heterocycles. The lowest BCUT2D eigenvalue weighted by atomic mass is 9.88. The Morgan fingerprint density at radius 1 is 1.20 bits per heavy atom. The molecule has 25 heavy (non-hydrogen) atoms. The topological polar surface area (TPSA) is 75.4 Å². The minimum absolute atomic E-state index is 0. The maximum Gasteiger partial charge on any atom is 0.249 e. The highest BCUT2D eigenvalue weighted by atomic mass is 35.5. The van der Waals surface area contributed by atoms with Crippen molar-refractivity contribution in [2.24, 2.45) is 5.92 Å². The molecule has 1 heterocycles. The van der Waals surface area contributed by atoms with E-state index in [0.717, 1.165) is 55.5 Å². The molecule has 3 rings (SSSR count). The fourth-order valence-electron chi connectivity index (χ4n) is 3.87. The first-order valence-corrected chi connectivity index (χ1v) is 9.07. The summed E-state index contributed by atoms with van der Waals surface area (Å²) in [5.74, 6) is 0.0457. The lowest BCUT2D eigenvalue weighted by molar-refractivity contribution is -0.130. The first-order valence-electron chi connectivity index (χ1n) is 9.07. The third-order valence-electron chi connectivity index (χ3n) is 5.26. The first-order chi connectivity index (χ1) is 11.6. The second kappa shape index (κ2) is 8.56. The van der Waals surface area contributed by atoms with Crippen LogP contribution in [0.2, 0.25) is 0 Å². The number of nitrogen functional groups attached to an aromatic ring is 1. The first kappa shape index (κ1) is 19.6. The molecule has 6 heteroatoms. The molecule has 2 aliphatic rings. The van der Waals surface area contributed by atoms with Gasteiger partial charge in [-0.1, -0.05) is 25.3 Å². The Morgan fingerprint density at radius 3 is 2.64 bits per heavy atom. The second-order valence-corrected chi connectivity index (χ2v) is 7.00. The van der Waals surface area contributed by atoms with Crippen molar-refractivity contribution < 1.29 is 9.59 Å². The van der Waals surface area contributed by atoms with Gasteiger partial charge < -0.3 is 16.0 Å². The number of hydrogen-bond donors (Lipinski definition) is 2. The minimum atomic E-state index is -0.508. The van der Waals surface area contributed by atoms with E-state index in [1.807, 2.05) is 18.2 Å². The SMILES string of the molecule is C[C@H](NC(=O)C1CCCCC1)C(=O)N1CCCc2c(N)cccc21.Cl. The average molecular weight is 366 g/mol. The molecule has 1 aromatic rings. The summed E-state index contributed by atoms with van der Waals surface area (Å²) in [6.07, 6.45) is 7.11. The average Bonchev–Trinajstić information content (AvgIpc) is 2.61. The van der Waals surface area contributed by atoms with Crippen LogP contribution in [0.5, 0.6) is 0 Å². The maximum absolute atomic E-state index is 12.9. The molecule has 2 amide bonds.